The molecular formula is C20H19NO2S. The molecule has 0 unspecified atom stereocenters. The first-order valence-corrected chi connectivity index (χ1v) is 8.84. The molecule has 24 heavy (non-hydrogen) atoms. The van der Waals surface area contributed by atoms with Crippen LogP contribution in [0.15, 0.2) is 59.6 Å². The van der Waals surface area contributed by atoms with Crippen LogP contribution in [0.5, 0.6) is 0 Å². The van der Waals surface area contributed by atoms with Crippen LogP contribution in [0.4, 0.5) is 0 Å². The van der Waals surface area contributed by atoms with Gasteiger partial charge in [-0.15, -0.1) is 0 Å². The summed E-state index contributed by atoms with van der Waals surface area (Å²) < 4.78 is 0. The van der Waals surface area contributed by atoms with E-state index in [2.05, 4.69) is 0 Å². The van der Waals surface area contributed by atoms with E-state index >= 15 is 0 Å². The number of benzene rings is 2. The molecule has 122 valence electrons. The second kappa shape index (κ2) is 7.05. The molecule has 1 aliphatic rings. The summed E-state index contributed by atoms with van der Waals surface area (Å²) in [6, 6.07) is 15.5. The van der Waals surface area contributed by atoms with Crippen molar-refractivity contribution in [2.24, 2.45) is 0 Å². The highest BCUT2D eigenvalue weighted by atomic mass is 32.2. The van der Waals surface area contributed by atoms with Crippen molar-refractivity contribution < 1.29 is 9.59 Å². The Morgan fingerprint density at radius 2 is 1.75 bits per heavy atom. The van der Waals surface area contributed by atoms with Gasteiger partial charge in [0.15, 0.2) is 5.78 Å². The number of allylic oxidation sites excluding steroid dienone is 1. The molecule has 0 aromatic heterocycles. The Balaban J connectivity index is 1.86. The number of amides is 1. The van der Waals surface area contributed by atoms with Gasteiger partial charge in [0.05, 0.1) is 17.3 Å². The van der Waals surface area contributed by atoms with Gasteiger partial charge in [0.1, 0.15) is 0 Å². The Morgan fingerprint density at radius 3 is 2.46 bits per heavy atom. The molecule has 2 aromatic rings. The molecule has 4 heteroatoms. The summed E-state index contributed by atoms with van der Waals surface area (Å²) in [6.07, 6.45) is 1.59. The summed E-state index contributed by atoms with van der Waals surface area (Å²) in [6.45, 7) is 4.46. The summed E-state index contributed by atoms with van der Waals surface area (Å²) in [7, 11) is 0. The van der Waals surface area contributed by atoms with Crippen LogP contribution in [0.25, 0.3) is 0 Å². The van der Waals surface area contributed by atoms with Crippen LogP contribution < -0.4 is 0 Å². The third-order valence-corrected chi connectivity index (χ3v) is 5.19. The van der Waals surface area contributed by atoms with Crippen LogP contribution in [-0.4, -0.2) is 22.3 Å². The van der Waals surface area contributed by atoms with E-state index in [1.165, 1.54) is 11.8 Å². The van der Waals surface area contributed by atoms with Crippen LogP contribution in [0.2, 0.25) is 0 Å². The second-order valence-electron chi connectivity index (χ2n) is 5.86. The molecule has 0 spiro atoms. The first kappa shape index (κ1) is 16.5. The third-order valence-electron chi connectivity index (χ3n) is 4.17. The fourth-order valence-electron chi connectivity index (χ4n) is 2.70. The quantitative estimate of drug-likeness (QED) is 0.622. The number of hydrogen-bond donors (Lipinski definition) is 0. The van der Waals surface area contributed by atoms with E-state index in [1.807, 2.05) is 62.4 Å². The van der Waals surface area contributed by atoms with Crippen LogP contribution >= 0.6 is 11.8 Å². The van der Waals surface area contributed by atoms with E-state index < -0.39 is 0 Å². The van der Waals surface area contributed by atoms with E-state index in [4.69, 9.17) is 0 Å². The Labute approximate surface area is 146 Å². The third kappa shape index (κ3) is 3.44. The zero-order valence-corrected chi connectivity index (χ0v) is 14.6. The Kier molecular flexibility index (Phi) is 4.86. The SMILES string of the molecule is Cc1ccccc1CN1C(=O)CS/C1=C\C(=O)c1ccccc1C. The van der Waals surface area contributed by atoms with Gasteiger partial charge < -0.3 is 4.90 Å². The Bertz CT molecular complexity index is 826. The minimum Gasteiger partial charge on any atom is -0.301 e. The summed E-state index contributed by atoms with van der Waals surface area (Å²) in [5, 5.41) is 0.733. The molecule has 0 radical (unpaired) electrons. The average Bonchev–Trinajstić information content (AvgIpc) is 2.90. The van der Waals surface area contributed by atoms with Crippen molar-refractivity contribution in [1.82, 2.24) is 4.90 Å². The predicted molar refractivity (Wildman–Crippen MR) is 97.8 cm³/mol. The lowest BCUT2D eigenvalue weighted by Gasteiger charge is -2.18. The van der Waals surface area contributed by atoms with Crippen molar-refractivity contribution in [3.63, 3.8) is 0 Å². The van der Waals surface area contributed by atoms with Crippen LogP contribution in [-0.2, 0) is 11.3 Å². The van der Waals surface area contributed by atoms with E-state index in [9.17, 15) is 9.59 Å². The van der Waals surface area contributed by atoms with E-state index in [-0.39, 0.29) is 11.7 Å². The maximum Gasteiger partial charge on any atom is 0.238 e. The van der Waals surface area contributed by atoms with Crippen LogP contribution in [0.1, 0.15) is 27.0 Å². The van der Waals surface area contributed by atoms with Gasteiger partial charge in [-0.1, -0.05) is 60.3 Å². The van der Waals surface area contributed by atoms with Gasteiger partial charge in [0.25, 0.3) is 0 Å². The maximum absolute atomic E-state index is 12.6. The minimum absolute atomic E-state index is 0.0482. The number of carbonyl (C=O) groups is 2. The standard InChI is InChI=1S/C20H19NO2S/c1-14-7-3-5-9-16(14)12-21-19(23)13-24-20(21)11-18(22)17-10-6-4-8-15(17)2/h3-11H,12-13H2,1-2H3/b20-11-. The van der Waals surface area contributed by atoms with E-state index in [0.717, 1.165) is 21.7 Å². The molecule has 1 fully saturated rings. The molecule has 2 aromatic carbocycles. The summed E-state index contributed by atoms with van der Waals surface area (Å²) in [5.41, 5.74) is 3.87. The Morgan fingerprint density at radius 1 is 1.08 bits per heavy atom. The highest BCUT2D eigenvalue weighted by Gasteiger charge is 2.27. The van der Waals surface area contributed by atoms with Gasteiger partial charge in [0, 0.05) is 11.6 Å². The monoisotopic (exact) mass is 337 g/mol. The lowest BCUT2D eigenvalue weighted by Crippen LogP contribution is -2.24. The summed E-state index contributed by atoms with van der Waals surface area (Å²) >= 11 is 1.43. The highest BCUT2D eigenvalue weighted by molar-refractivity contribution is 8.04. The lowest BCUT2D eigenvalue weighted by molar-refractivity contribution is -0.125. The molecule has 0 saturated carbocycles. The molecule has 0 N–H and O–H groups in total. The van der Waals surface area contributed by atoms with Crippen molar-refractivity contribution in [3.05, 3.63) is 81.9 Å². The van der Waals surface area contributed by atoms with Crippen molar-refractivity contribution >= 4 is 23.5 Å². The molecule has 3 rings (SSSR count). The fraction of sp³-hybridized carbons (Fsp3) is 0.200. The molecule has 3 nitrogen and oxygen atoms in total. The predicted octanol–water partition coefficient (Wildman–Crippen LogP) is 4.10. The smallest absolute Gasteiger partial charge is 0.238 e. The molecule has 0 bridgehead atoms. The topological polar surface area (TPSA) is 37.4 Å². The molecule has 0 atom stereocenters. The van der Waals surface area contributed by atoms with Crippen molar-refractivity contribution in [1.29, 1.82) is 0 Å². The van der Waals surface area contributed by atoms with Crippen LogP contribution in [0, 0.1) is 13.8 Å². The molecular weight excluding hydrogens is 318 g/mol. The molecule has 1 saturated heterocycles. The van der Waals surface area contributed by atoms with Crippen molar-refractivity contribution in [3.8, 4) is 0 Å². The normalized spacial score (nSPS) is 16.0. The second-order valence-corrected chi connectivity index (χ2v) is 6.85. The summed E-state index contributed by atoms with van der Waals surface area (Å²) in [5.74, 6) is 0.380. The maximum atomic E-state index is 12.6. The number of thioether (sulfide) groups is 1. The molecule has 1 aliphatic heterocycles. The fourth-order valence-corrected chi connectivity index (χ4v) is 3.64. The number of nitrogens with zero attached hydrogens (tertiary/aromatic N) is 1. The van der Waals surface area contributed by atoms with Gasteiger partial charge in [-0.3, -0.25) is 9.59 Å². The number of hydrogen-bond acceptors (Lipinski definition) is 3. The zero-order valence-electron chi connectivity index (χ0n) is 13.8. The van der Waals surface area contributed by atoms with Gasteiger partial charge >= 0.3 is 0 Å². The molecule has 0 aliphatic carbocycles. The zero-order chi connectivity index (χ0) is 17.1. The molecule has 1 heterocycles. The Hall–Kier alpha value is -2.33. The van der Waals surface area contributed by atoms with Gasteiger partial charge in [0.2, 0.25) is 5.91 Å². The van der Waals surface area contributed by atoms with Gasteiger partial charge in [-0.25, -0.2) is 0 Å². The number of carbonyl (C=O) groups excluding carboxylic acids is 2. The van der Waals surface area contributed by atoms with Gasteiger partial charge in [-0.2, -0.15) is 0 Å². The largest absolute Gasteiger partial charge is 0.301 e. The van der Waals surface area contributed by atoms with Gasteiger partial charge in [-0.05, 0) is 30.5 Å². The lowest BCUT2D eigenvalue weighted by atomic mass is 10.0. The number of aryl methyl sites for hydroxylation is 2. The average molecular weight is 337 g/mol. The minimum atomic E-state index is -0.0555. The van der Waals surface area contributed by atoms with Crippen LogP contribution in [0.3, 0.4) is 0 Å². The van der Waals surface area contributed by atoms with E-state index in [1.54, 1.807) is 11.0 Å². The first-order valence-electron chi connectivity index (χ1n) is 7.85. The van der Waals surface area contributed by atoms with Crippen molar-refractivity contribution in [2.75, 3.05) is 5.75 Å². The first-order chi connectivity index (χ1) is 11.6. The number of rotatable bonds is 4. The molecule has 1 amide bonds. The van der Waals surface area contributed by atoms with Crippen molar-refractivity contribution in [2.45, 2.75) is 20.4 Å². The summed E-state index contributed by atoms with van der Waals surface area (Å²) in [4.78, 5) is 26.5. The number of ketones is 1. The van der Waals surface area contributed by atoms with E-state index in [0.29, 0.717) is 17.9 Å². The highest BCUT2D eigenvalue weighted by Crippen LogP contribution is 2.31.